The Balaban J connectivity index is 1.36. The van der Waals surface area contributed by atoms with E-state index >= 15 is 4.39 Å². The van der Waals surface area contributed by atoms with Crippen LogP contribution in [0.2, 0.25) is 5.02 Å². The highest BCUT2D eigenvalue weighted by Gasteiger charge is 2.40. The molecule has 3 fully saturated rings. The zero-order valence-corrected chi connectivity index (χ0v) is 25.5. The van der Waals surface area contributed by atoms with Gasteiger partial charge in [0.25, 0.3) is 0 Å². The third-order valence-corrected chi connectivity index (χ3v) is 9.38. The Kier molecular flexibility index (Phi) is 11.1. The standard InChI is InChI=1S/C33H42ClFN2O6/c1-40-32(39)37-31(30(23-11-15-41-16-12-23)22-5-7-25(34)8-6-22)29(38)19-24-3-2-4-28(35)27(24)10-9-26-20-36-21-33(43-26)13-17-42-18-14-33/h2-8,23,26,30-31,36H,9-21H2,1H3,(H,37,39)/t26-,30+,31-/m1/s1. The molecule has 10 heteroatoms. The molecule has 0 bridgehead atoms. The van der Waals surface area contributed by atoms with Crippen molar-refractivity contribution in [2.24, 2.45) is 5.92 Å². The van der Waals surface area contributed by atoms with Crippen LogP contribution in [0.25, 0.3) is 0 Å². The summed E-state index contributed by atoms with van der Waals surface area (Å²) in [5.41, 5.74) is 1.79. The molecule has 3 aliphatic heterocycles. The van der Waals surface area contributed by atoms with Gasteiger partial charge in [0.15, 0.2) is 5.78 Å². The number of Topliss-reactive ketones (excluding diaryl/α,β-unsaturated/α-hetero) is 1. The smallest absolute Gasteiger partial charge is 0.407 e. The van der Waals surface area contributed by atoms with Gasteiger partial charge in [-0.3, -0.25) is 4.79 Å². The summed E-state index contributed by atoms with van der Waals surface area (Å²) in [6.45, 7) is 4.01. The molecular formula is C33H42ClFN2O6. The van der Waals surface area contributed by atoms with Gasteiger partial charge in [0, 0.05) is 69.7 Å². The van der Waals surface area contributed by atoms with Gasteiger partial charge < -0.3 is 29.6 Å². The number of alkyl carbamates (subject to hydrolysis) is 1. The number of methoxy groups -OCH3 is 1. The lowest BCUT2D eigenvalue weighted by Gasteiger charge is -2.44. The quantitative estimate of drug-likeness (QED) is 0.388. The average molecular weight is 617 g/mol. The summed E-state index contributed by atoms with van der Waals surface area (Å²) in [7, 11) is 1.28. The number of benzene rings is 2. The Labute approximate surface area is 257 Å². The maximum atomic E-state index is 15.3. The minimum atomic E-state index is -0.882. The second-order valence-electron chi connectivity index (χ2n) is 11.9. The number of halogens is 2. The first kappa shape index (κ1) is 31.9. The fourth-order valence-electron chi connectivity index (χ4n) is 6.80. The van der Waals surface area contributed by atoms with E-state index in [4.69, 9.17) is 30.5 Å². The lowest BCUT2D eigenvalue weighted by Crippen LogP contribution is -2.56. The van der Waals surface area contributed by atoms with E-state index in [0.29, 0.717) is 62.0 Å². The number of ketones is 1. The van der Waals surface area contributed by atoms with Gasteiger partial charge in [0.1, 0.15) is 5.82 Å². The molecule has 0 unspecified atom stereocenters. The minimum Gasteiger partial charge on any atom is -0.453 e. The predicted octanol–water partition coefficient (Wildman–Crippen LogP) is 5.00. The molecule has 0 radical (unpaired) electrons. The molecule has 3 atom stereocenters. The molecule has 8 nitrogen and oxygen atoms in total. The topological polar surface area (TPSA) is 95.1 Å². The zero-order chi connectivity index (χ0) is 30.2. The van der Waals surface area contributed by atoms with E-state index in [1.54, 1.807) is 24.3 Å². The van der Waals surface area contributed by atoms with E-state index in [1.165, 1.54) is 13.2 Å². The first-order chi connectivity index (χ1) is 20.9. The van der Waals surface area contributed by atoms with Crippen LogP contribution in [-0.2, 0) is 36.6 Å². The Morgan fingerprint density at radius 3 is 2.53 bits per heavy atom. The van der Waals surface area contributed by atoms with E-state index in [-0.39, 0.29) is 41.6 Å². The van der Waals surface area contributed by atoms with E-state index in [1.807, 2.05) is 12.1 Å². The maximum Gasteiger partial charge on any atom is 0.407 e. The molecule has 3 saturated heterocycles. The van der Waals surface area contributed by atoms with Crippen LogP contribution < -0.4 is 10.6 Å². The highest BCUT2D eigenvalue weighted by molar-refractivity contribution is 6.30. The van der Waals surface area contributed by atoms with Crippen LogP contribution in [0, 0.1) is 11.7 Å². The van der Waals surface area contributed by atoms with E-state index < -0.39 is 12.1 Å². The lowest BCUT2D eigenvalue weighted by molar-refractivity contribution is -0.160. The third-order valence-electron chi connectivity index (χ3n) is 9.13. The minimum absolute atomic E-state index is 0.0277. The van der Waals surface area contributed by atoms with Crippen molar-refractivity contribution in [1.29, 1.82) is 0 Å². The Morgan fingerprint density at radius 1 is 1.09 bits per heavy atom. The van der Waals surface area contributed by atoms with Gasteiger partial charge in [-0.25, -0.2) is 9.18 Å². The van der Waals surface area contributed by atoms with Crippen molar-refractivity contribution in [2.75, 3.05) is 46.6 Å². The molecule has 2 aromatic rings. The van der Waals surface area contributed by atoms with Crippen LogP contribution >= 0.6 is 11.6 Å². The SMILES string of the molecule is COC(=O)N[C@H](C(=O)Cc1cccc(F)c1CC[C@@H]1CNCC2(CCOCC2)O1)[C@@H](c1ccc(Cl)cc1)C1CCOCC1. The van der Waals surface area contributed by atoms with Crippen molar-refractivity contribution in [1.82, 2.24) is 10.6 Å². The molecule has 43 heavy (non-hydrogen) atoms. The largest absolute Gasteiger partial charge is 0.453 e. The number of rotatable bonds is 10. The number of nitrogens with one attached hydrogen (secondary N) is 2. The summed E-state index contributed by atoms with van der Waals surface area (Å²) in [5, 5.41) is 6.91. The van der Waals surface area contributed by atoms with Crippen molar-refractivity contribution < 1.29 is 32.9 Å². The van der Waals surface area contributed by atoms with Gasteiger partial charge in [-0.05, 0) is 66.5 Å². The van der Waals surface area contributed by atoms with E-state index in [9.17, 15) is 9.59 Å². The van der Waals surface area contributed by atoms with Crippen LogP contribution in [0.15, 0.2) is 42.5 Å². The van der Waals surface area contributed by atoms with Gasteiger partial charge in [0.05, 0.1) is 24.9 Å². The van der Waals surface area contributed by atoms with Gasteiger partial charge in [0.2, 0.25) is 0 Å². The van der Waals surface area contributed by atoms with E-state index in [2.05, 4.69) is 10.6 Å². The lowest BCUT2D eigenvalue weighted by atomic mass is 9.74. The normalized spacial score (nSPS) is 22.1. The maximum absolute atomic E-state index is 15.3. The first-order valence-electron chi connectivity index (χ1n) is 15.3. The molecule has 0 aliphatic carbocycles. The number of carbonyl (C=O) groups is 2. The molecule has 1 amide bonds. The number of hydrogen-bond acceptors (Lipinski definition) is 7. The van der Waals surface area contributed by atoms with Gasteiger partial charge in [-0.2, -0.15) is 0 Å². The molecule has 2 aromatic carbocycles. The second-order valence-corrected chi connectivity index (χ2v) is 12.3. The van der Waals surface area contributed by atoms with Crippen LogP contribution in [-0.4, -0.2) is 76.3 Å². The number of morpholine rings is 1. The van der Waals surface area contributed by atoms with Crippen molar-refractivity contribution >= 4 is 23.5 Å². The summed E-state index contributed by atoms with van der Waals surface area (Å²) in [6.07, 6.45) is 3.45. The molecule has 2 N–H and O–H groups in total. The molecule has 0 saturated carbocycles. The van der Waals surface area contributed by atoms with Crippen LogP contribution in [0.3, 0.4) is 0 Å². The van der Waals surface area contributed by atoms with E-state index in [0.717, 1.165) is 37.8 Å². The van der Waals surface area contributed by atoms with Gasteiger partial charge >= 0.3 is 6.09 Å². The van der Waals surface area contributed by atoms with Crippen LogP contribution in [0.1, 0.15) is 54.7 Å². The van der Waals surface area contributed by atoms with Gasteiger partial charge in [-0.1, -0.05) is 35.9 Å². The number of hydrogen-bond donors (Lipinski definition) is 2. The number of carbonyl (C=O) groups excluding carboxylic acids is 2. The summed E-state index contributed by atoms with van der Waals surface area (Å²) in [4.78, 5) is 26.7. The fraction of sp³-hybridized carbons (Fsp3) is 0.576. The van der Waals surface area contributed by atoms with Crippen molar-refractivity contribution in [3.8, 4) is 0 Å². The monoisotopic (exact) mass is 616 g/mol. The highest BCUT2D eigenvalue weighted by Crippen LogP contribution is 2.37. The fourth-order valence-corrected chi connectivity index (χ4v) is 6.93. The van der Waals surface area contributed by atoms with Crippen LogP contribution in [0.5, 0.6) is 0 Å². The molecule has 234 valence electrons. The average Bonchev–Trinajstić information content (AvgIpc) is 3.02. The molecular weight excluding hydrogens is 575 g/mol. The first-order valence-corrected chi connectivity index (χ1v) is 15.7. The summed E-state index contributed by atoms with van der Waals surface area (Å²) < 4.78 is 37.9. The van der Waals surface area contributed by atoms with Crippen molar-refractivity contribution in [3.05, 3.63) is 70.0 Å². The van der Waals surface area contributed by atoms with Gasteiger partial charge in [-0.15, -0.1) is 0 Å². The second kappa shape index (κ2) is 14.9. The summed E-state index contributed by atoms with van der Waals surface area (Å²) in [6, 6.07) is 11.4. The zero-order valence-electron chi connectivity index (χ0n) is 24.7. The Bertz CT molecular complexity index is 1230. The number of ether oxygens (including phenoxy) is 4. The van der Waals surface area contributed by atoms with Crippen molar-refractivity contribution in [2.45, 2.75) is 68.6 Å². The molecule has 3 heterocycles. The molecule has 0 aromatic heterocycles. The Hall–Kier alpha value is -2.56. The molecule has 1 spiro atoms. The third kappa shape index (κ3) is 8.13. The summed E-state index contributed by atoms with van der Waals surface area (Å²) in [5.74, 6) is -0.796. The van der Waals surface area contributed by atoms with Crippen LogP contribution in [0.4, 0.5) is 9.18 Å². The highest BCUT2D eigenvalue weighted by atomic mass is 35.5. The Morgan fingerprint density at radius 2 is 1.81 bits per heavy atom. The number of amides is 1. The predicted molar refractivity (Wildman–Crippen MR) is 161 cm³/mol. The van der Waals surface area contributed by atoms with Crippen molar-refractivity contribution in [3.63, 3.8) is 0 Å². The molecule has 5 rings (SSSR count). The summed E-state index contributed by atoms with van der Waals surface area (Å²) >= 11 is 6.19. The molecule has 3 aliphatic rings.